The quantitative estimate of drug-likeness (QED) is 0.702. The number of halogens is 1. The van der Waals surface area contributed by atoms with E-state index < -0.39 is 5.60 Å². The molecule has 0 unspecified atom stereocenters. The van der Waals surface area contributed by atoms with Gasteiger partial charge in [0.25, 0.3) is 5.91 Å². The van der Waals surface area contributed by atoms with Gasteiger partial charge in [0.1, 0.15) is 0 Å². The van der Waals surface area contributed by atoms with Crippen LogP contribution in [0.4, 0.5) is 5.69 Å². The number of anilines is 1. The summed E-state index contributed by atoms with van der Waals surface area (Å²) < 4.78 is 0. The standard InChI is InChI=1S/C11H15ClN2O2/c1-11(2,16)6-14-10(15)8-5-7(12)3-4-9(8)13/h3-5,16H,6,13H2,1-2H3,(H,14,15). The smallest absolute Gasteiger partial charge is 0.253 e. The molecule has 0 atom stereocenters. The van der Waals surface area contributed by atoms with E-state index in [1.54, 1.807) is 26.0 Å². The number of amides is 1. The SMILES string of the molecule is CC(C)(O)CNC(=O)c1cc(Cl)ccc1N. The lowest BCUT2D eigenvalue weighted by Crippen LogP contribution is -2.38. The van der Waals surface area contributed by atoms with Crippen LogP contribution in [-0.4, -0.2) is 23.2 Å². The maximum absolute atomic E-state index is 11.7. The summed E-state index contributed by atoms with van der Waals surface area (Å²) in [4.78, 5) is 11.7. The summed E-state index contributed by atoms with van der Waals surface area (Å²) in [6, 6.07) is 4.68. The first-order chi connectivity index (χ1) is 7.29. The van der Waals surface area contributed by atoms with E-state index in [1.165, 1.54) is 6.07 Å². The maximum Gasteiger partial charge on any atom is 0.253 e. The van der Waals surface area contributed by atoms with Crippen LogP contribution in [0.1, 0.15) is 24.2 Å². The Labute approximate surface area is 99.4 Å². The van der Waals surface area contributed by atoms with Crippen LogP contribution in [0.25, 0.3) is 0 Å². The zero-order chi connectivity index (χ0) is 12.3. The van der Waals surface area contributed by atoms with E-state index in [0.29, 0.717) is 16.3 Å². The van der Waals surface area contributed by atoms with Gasteiger partial charge in [0.05, 0.1) is 11.2 Å². The fraction of sp³-hybridized carbons (Fsp3) is 0.364. The minimum Gasteiger partial charge on any atom is -0.398 e. The number of nitrogens with two attached hydrogens (primary N) is 1. The molecule has 4 N–H and O–H groups in total. The van der Waals surface area contributed by atoms with Crippen molar-refractivity contribution in [3.05, 3.63) is 28.8 Å². The van der Waals surface area contributed by atoms with E-state index >= 15 is 0 Å². The van der Waals surface area contributed by atoms with Crippen LogP contribution in [0.15, 0.2) is 18.2 Å². The van der Waals surface area contributed by atoms with Crippen LogP contribution >= 0.6 is 11.6 Å². The second-order valence-corrected chi connectivity index (χ2v) is 4.66. The van der Waals surface area contributed by atoms with Crippen LogP contribution in [-0.2, 0) is 0 Å². The molecule has 1 aromatic carbocycles. The van der Waals surface area contributed by atoms with Gasteiger partial charge in [-0.1, -0.05) is 11.6 Å². The Morgan fingerprint density at radius 2 is 2.19 bits per heavy atom. The van der Waals surface area contributed by atoms with Crippen molar-refractivity contribution in [3.63, 3.8) is 0 Å². The average Bonchev–Trinajstić information content (AvgIpc) is 2.17. The number of benzene rings is 1. The van der Waals surface area contributed by atoms with E-state index in [-0.39, 0.29) is 12.5 Å². The van der Waals surface area contributed by atoms with Gasteiger partial charge >= 0.3 is 0 Å². The topological polar surface area (TPSA) is 75.3 Å². The van der Waals surface area contributed by atoms with Crippen LogP contribution in [0.5, 0.6) is 0 Å². The number of rotatable bonds is 3. The fourth-order valence-electron chi connectivity index (χ4n) is 1.12. The van der Waals surface area contributed by atoms with Gasteiger partial charge < -0.3 is 16.2 Å². The van der Waals surface area contributed by atoms with Crippen LogP contribution < -0.4 is 11.1 Å². The average molecular weight is 243 g/mol. The molecule has 0 spiro atoms. The van der Waals surface area contributed by atoms with Crippen molar-refractivity contribution in [2.24, 2.45) is 0 Å². The Morgan fingerprint density at radius 3 is 2.75 bits per heavy atom. The molecule has 0 aliphatic rings. The summed E-state index contributed by atoms with van der Waals surface area (Å²) in [5, 5.41) is 12.5. The number of carbonyl (C=O) groups is 1. The molecule has 5 heteroatoms. The van der Waals surface area contributed by atoms with Gasteiger partial charge in [-0.05, 0) is 32.0 Å². The van der Waals surface area contributed by atoms with E-state index in [2.05, 4.69) is 5.32 Å². The van der Waals surface area contributed by atoms with Crippen molar-refractivity contribution in [1.29, 1.82) is 0 Å². The van der Waals surface area contributed by atoms with Gasteiger partial charge in [0, 0.05) is 17.3 Å². The third kappa shape index (κ3) is 3.72. The Bertz CT molecular complexity index is 399. The van der Waals surface area contributed by atoms with Gasteiger partial charge in [-0.15, -0.1) is 0 Å². The molecule has 0 aliphatic heterocycles. The molecule has 4 nitrogen and oxygen atoms in total. The highest BCUT2D eigenvalue weighted by Crippen LogP contribution is 2.17. The molecular formula is C11H15ClN2O2. The molecular weight excluding hydrogens is 228 g/mol. The van der Waals surface area contributed by atoms with E-state index in [0.717, 1.165) is 0 Å². The molecule has 1 rings (SSSR count). The molecule has 0 saturated heterocycles. The van der Waals surface area contributed by atoms with Gasteiger partial charge in [-0.2, -0.15) is 0 Å². The normalized spacial score (nSPS) is 11.2. The Hall–Kier alpha value is -1.26. The predicted octanol–water partition coefficient (Wildman–Crippen LogP) is 1.42. The first kappa shape index (κ1) is 12.8. The van der Waals surface area contributed by atoms with Crippen molar-refractivity contribution in [1.82, 2.24) is 5.32 Å². The van der Waals surface area contributed by atoms with Gasteiger partial charge in [0.2, 0.25) is 0 Å². The second-order valence-electron chi connectivity index (χ2n) is 4.23. The van der Waals surface area contributed by atoms with E-state index in [4.69, 9.17) is 17.3 Å². The van der Waals surface area contributed by atoms with Gasteiger partial charge in [0.15, 0.2) is 0 Å². The molecule has 1 aromatic rings. The number of nitrogens with one attached hydrogen (secondary N) is 1. The largest absolute Gasteiger partial charge is 0.398 e. The van der Waals surface area contributed by atoms with E-state index in [9.17, 15) is 9.90 Å². The first-order valence-electron chi connectivity index (χ1n) is 4.85. The molecule has 0 aromatic heterocycles. The summed E-state index contributed by atoms with van der Waals surface area (Å²) in [6.07, 6.45) is 0. The highest BCUT2D eigenvalue weighted by atomic mass is 35.5. The molecule has 0 bridgehead atoms. The lowest BCUT2D eigenvalue weighted by Gasteiger charge is -2.18. The van der Waals surface area contributed by atoms with Crippen molar-refractivity contribution >= 4 is 23.2 Å². The van der Waals surface area contributed by atoms with Crippen LogP contribution in [0.2, 0.25) is 5.02 Å². The summed E-state index contributed by atoms with van der Waals surface area (Å²) >= 11 is 5.77. The summed E-state index contributed by atoms with van der Waals surface area (Å²) in [5.41, 5.74) is 5.37. The Kier molecular flexibility index (Phi) is 3.78. The highest BCUT2D eigenvalue weighted by Gasteiger charge is 2.16. The van der Waals surface area contributed by atoms with Gasteiger partial charge in [-0.3, -0.25) is 4.79 Å². The lowest BCUT2D eigenvalue weighted by molar-refractivity contribution is 0.0694. The molecule has 1 amide bonds. The Balaban J connectivity index is 2.77. The number of hydrogen-bond acceptors (Lipinski definition) is 3. The third-order valence-electron chi connectivity index (χ3n) is 1.94. The zero-order valence-electron chi connectivity index (χ0n) is 9.25. The van der Waals surface area contributed by atoms with Crippen LogP contribution in [0, 0.1) is 0 Å². The fourth-order valence-corrected chi connectivity index (χ4v) is 1.29. The maximum atomic E-state index is 11.7. The Morgan fingerprint density at radius 1 is 1.56 bits per heavy atom. The summed E-state index contributed by atoms with van der Waals surface area (Å²) in [5.74, 6) is -0.345. The third-order valence-corrected chi connectivity index (χ3v) is 2.18. The monoisotopic (exact) mass is 242 g/mol. The minimum absolute atomic E-state index is 0.151. The number of aliphatic hydroxyl groups is 1. The van der Waals surface area contributed by atoms with Gasteiger partial charge in [-0.25, -0.2) is 0 Å². The highest BCUT2D eigenvalue weighted by molar-refractivity contribution is 6.31. The van der Waals surface area contributed by atoms with E-state index in [1.807, 2.05) is 0 Å². The zero-order valence-corrected chi connectivity index (χ0v) is 10.0. The van der Waals surface area contributed by atoms with Crippen molar-refractivity contribution in [2.45, 2.75) is 19.4 Å². The number of nitrogen functional groups attached to an aromatic ring is 1. The minimum atomic E-state index is -0.955. The van der Waals surface area contributed by atoms with Crippen LogP contribution in [0.3, 0.4) is 0 Å². The molecule has 16 heavy (non-hydrogen) atoms. The second kappa shape index (κ2) is 4.72. The molecule has 0 fully saturated rings. The molecule has 0 heterocycles. The number of carbonyl (C=O) groups excluding carboxylic acids is 1. The summed E-state index contributed by atoms with van der Waals surface area (Å²) in [7, 11) is 0. The number of hydrogen-bond donors (Lipinski definition) is 3. The molecule has 0 aliphatic carbocycles. The molecule has 0 radical (unpaired) electrons. The van der Waals surface area contributed by atoms with Crippen molar-refractivity contribution in [3.8, 4) is 0 Å². The lowest BCUT2D eigenvalue weighted by atomic mass is 10.1. The predicted molar refractivity (Wildman–Crippen MR) is 64.5 cm³/mol. The van der Waals surface area contributed by atoms with Crippen molar-refractivity contribution < 1.29 is 9.90 Å². The molecule has 88 valence electrons. The summed E-state index contributed by atoms with van der Waals surface area (Å²) in [6.45, 7) is 3.36. The molecule has 0 saturated carbocycles. The first-order valence-corrected chi connectivity index (χ1v) is 5.23. The van der Waals surface area contributed by atoms with Crippen molar-refractivity contribution in [2.75, 3.05) is 12.3 Å².